The number of nitrogens with one attached hydrogen (secondary N) is 2. The second-order valence-electron chi connectivity index (χ2n) is 7.45. The van der Waals surface area contributed by atoms with Crippen molar-refractivity contribution in [1.29, 1.82) is 0 Å². The summed E-state index contributed by atoms with van der Waals surface area (Å²) < 4.78 is 10.6. The molecule has 164 valence electrons. The van der Waals surface area contributed by atoms with Crippen molar-refractivity contribution in [2.45, 2.75) is 12.5 Å². The van der Waals surface area contributed by atoms with Crippen molar-refractivity contribution in [3.8, 4) is 22.6 Å². The van der Waals surface area contributed by atoms with Crippen LogP contribution in [0.2, 0.25) is 0 Å². The molecule has 7 nitrogen and oxygen atoms in total. The molecule has 4 rings (SSSR count). The summed E-state index contributed by atoms with van der Waals surface area (Å²) >= 11 is 0. The van der Waals surface area contributed by atoms with Crippen molar-refractivity contribution in [1.82, 2.24) is 5.32 Å². The molecule has 1 atom stereocenters. The van der Waals surface area contributed by atoms with Crippen LogP contribution in [0.15, 0.2) is 72.8 Å². The average molecular weight is 431 g/mol. The maximum absolute atomic E-state index is 12.7. The summed E-state index contributed by atoms with van der Waals surface area (Å²) in [5.74, 6) is 1.07. The Morgan fingerprint density at radius 3 is 2.41 bits per heavy atom. The van der Waals surface area contributed by atoms with Gasteiger partial charge in [0.2, 0.25) is 5.91 Å². The van der Waals surface area contributed by atoms with Gasteiger partial charge in [0.25, 0.3) is 0 Å². The molecule has 1 aliphatic rings. The predicted molar refractivity (Wildman–Crippen MR) is 124 cm³/mol. The van der Waals surface area contributed by atoms with Crippen molar-refractivity contribution in [3.05, 3.63) is 72.8 Å². The largest absolute Gasteiger partial charge is 0.493 e. The Kier molecular flexibility index (Phi) is 6.26. The summed E-state index contributed by atoms with van der Waals surface area (Å²) in [6, 6.07) is 22.2. The highest BCUT2D eigenvalue weighted by atomic mass is 16.5. The van der Waals surface area contributed by atoms with Crippen LogP contribution < -0.4 is 25.0 Å². The van der Waals surface area contributed by atoms with Gasteiger partial charge in [-0.15, -0.1) is 0 Å². The van der Waals surface area contributed by atoms with Crippen LogP contribution in [-0.4, -0.2) is 38.7 Å². The highest BCUT2D eigenvalue weighted by Gasteiger charge is 2.32. The number of urea groups is 1. The maximum atomic E-state index is 12.7. The Balaban J connectivity index is 1.43. The molecule has 7 heteroatoms. The lowest BCUT2D eigenvalue weighted by Crippen LogP contribution is -2.39. The molecule has 0 saturated carbocycles. The molecule has 1 fully saturated rings. The number of amides is 3. The second-order valence-corrected chi connectivity index (χ2v) is 7.45. The third-order valence-corrected chi connectivity index (χ3v) is 5.40. The maximum Gasteiger partial charge on any atom is 0.319 e. The number of nitrogens with zero attached hydrogens (tertiary/aromatic N) is 1. The summed E-state index contributed by atoms with van der Waals surface area (Å²) in [5, 5.41) is 5.84. The molecule has 1 saturated heterocycles. The topological polar surface area (TPSA) is 79.9 Å². The molecule has 3 amide bonds. The second kappa shape index (κ2) is 9.43. The van der Waals surface area contributed by atoms with Crippen LogP contribution in [0, 0.1) is 0 Å². The first-order valence-corrected chi connectivity index (χ1v) is 10.3. The molecule has 3 aromatic rings. The third-order valence-electron chi connectivity index (χ3n) is 5.40. The average Bonchev–Trinajstić information content (AvgIpc) is 3.19. The summed E-state index contributed by atoms with van der Waals surface area (Å²) in [6.07, 6.45) is 0.224. The number of para-hydroxylation sites is 1. The molecule has 0 bridgehead atoms. The summed E-state index contributed by atoms with van der Waals surface area (Å²) in [5.41, 5.74) is 3.35. The molecule has 3 aromatic carbocycles. The van der Waals surface area contributed by atoms with Gasteiger partial charge < -0.3 is 25.0 Å². The van der Waals surface area contributed by atoms with E-state index in [1.807, 2.05) is 54.6 Å². The van der Waals surface area contributed by atoms with Crippen molar-refractivity contribution in [2.75, 3.05) is 31.0 Å². The normalized spacial score (nSPS) is 15.4. The number of carbonyl (C=O) groups is 2. The summed E-state index contributed by atoms with van der Waals surface area (Å²) in [7, 11) is 3.11. The standard InChI is InChI=1S/C25H25N3O4/c1-31-22-13-12-19(15-23(22)32-2)28-16-18(14-24(28)29)26-25(30)27-21-11-7-6-10-20(21)17-8-4-3-5-9-17/h3-13,15,18H,14,16H2,1-2H3,(H2,26,27,30)/t18-/m0/s1. The van der Waals surface area contributed by atoms with Crippen LogP contribution in [-0.2, 0) is 4.79 Å². The van der Waals surface area contributed by atoms with Gasteiger partial charge in [-0.2, -0.15) is 0 Å². The zero-order chi connectivity index (χ0) is 22.5. The smallest absolute Gasteiger partial charge is 0.319 e. The molecule has 1 aliphatic heterocycles. The molecular weight excluding hydrogens is 406 g/mol. The first kappa shape index (κ1) is 21.2. The fraction of sp³-hybridized carbons (Fsp3) is 0.200. The lowest BCUT2D eigenvalue weighted by Gasteiger charge is -2.19. The van der Waals surface area contributed by atoms with Gasteiger partial charge in [0.15, 0.2) is 11.5 Å². The quantitative estimate of drug-likeness (QED) is 0.610. The van der Waals surface area contributed by atoms with E-state index in [-0.39, 0.29) is 24.4 Å². The number of methoxy groups -OCH3 is 2. The first-order chi connectivity index (χ1) is 15.6. The van der Waals surface area contributed by atoms with Gasteiger partial charge in [0.05, 0.1) is 25.9 Å². The Morgan fingerprint density at radius 1 is 0.938 bits per heavy atom. The Labute approximate surface area is 187 Å². The van der Waals surface area contributed by atoms with E-state index in [2.05, 4.69) is 10.6 Å². The SMILES string of the molecule is COc1ccc(N2C[C@@H](NC(=O)Nc3ccccc3-c3ccccc3)CC2=O)cc1OC. The highest BCUT2D eigenvalue weighted by molar-refractivity contribution is 5.99. The highest BCUT2D eigenvalue weighted by Crippen LogP contribution is 2.33. The van der Waals surface area contributed by atoms with Crippen LogP contribution in [0.1, 0.15) is 6.42 Å². The minimum atomic E-state index is -0.347. The minimum Gasteiger partial charge on any atom is -0.493 e. The van der Waals surface area contributed by atoms with Crippen LogP contribution in [0.4, 0.5) is 16.2 Å². The number of hydrogen-bond donors (Lipinski definition) is 2. The van der Waals surface area contributed by atoms with Crippen LogP contribution in [0.5, 0.6) is 11.5 Å². The third kappa shape index (κ3) is 4.51. The fourth-order valence-electron chi connectivity index (χ4n) is 3.85. The fourth-order valence-corrected chi connectivity index (χ4v) is 3.85. The number of rotatable bonds is 6. The Morgan fingerprint density at radius 2 is 1.66 bits per heavy atom. The van der Waals surface area contributed by atoms with Gasteiger partial charge in [-0.1, -0.05) is 48.5 Å². The predicted octanol–water partition coefficient (Wildman–Crippen LogP) is 4.30. The van der Waals surface area contributed by atoms with Gasteiger partial charge in [-0.05, 0) is 23.8 Å². The van der Waals surface area contributed by atoms with E-state index < -0.39 is 0 Å². The molecule has 1 heterocycles. The number of benzene rings is 3. The van der Waals surface area contributed by atoms with Crippen LogP contribution in [0.3, 0.4) is 0 Å². The lowest BCUT2D eigenvalue weighted by atomic mass is 10.0. The molecule has 32 heavy (non-hydrogen) atoms. The molecule has 0 radical (unpaired) electrons. The Bertz CT molecular complexity index is 1120. The van der Waals surface area contributed by atoms with Crippen molar-refractivity contribution < 1.29 is 19.1 Å². The zero-order valence-corrected chi connectivity index (χ0v) is 18.0. The number of ether oxygens (including phenoxy) is 2. The van der Waals surface area contributed by atoms with Crippen molar-refractivity contribution in [3.63, 3.8) is 0 Å². The van der Waals surface area contributed by atoms with E-state index in [0.717, 1.165) is 11.1 Å². The van der Waals surface area contributed by atoms with E-state index in [0.29, 0.717) is 29.4 Å². The number of hydrogen-bond acceptors (Lipinski definition) is 4. The zero-order valence-electron chi connectivity index (χ0n) is 18.0. The van der Waals surface area contributed by atoms with Gasteiger partial charge in [0.1, 0.15) is 0 Å². The van der Waals surface area contributed by atoms with Crippen LogP contribution in [0.25, 0.3) is 11.1 Å². The minimum absolute atomic E-state index is 0.0628. The molecule has 0 unspecified atom stereocenters. The van der Waals surface area contributed by atoms with Gasteiger partial charge in [0, 0.05) is 30.3 Å². The number of anilines is 2. The van der Waals surface area contributed by atoms with Gasteiger partial charge in [-0.3, -0.25) is 4.79 Å². The van der Waals surface area contributed by atoms with Crippen LogP contribution >= 0.6 is 0 Å². The molecule has 0 spiro atoms. The summed E-state index contributed by atoms with van der Waals surface area (Å²) in [6.45, 7) is 0.377. The number of carbonyl (C=O) groups excluding carboxylic acids is 2. The molecule has 2 N–H and O–H groups in total. The van der Waals surface area contributed by atoms with E-state index in [1.54, 1.807) is 37.3 Å². The molecule has 0 aromatic heterocycles. The van der Waals surface area contributed by atoms with E-state index in [1.165, 1.54) is 0 Å². The van der Waals surface area contributed by atoms with Crippen molar-refractivity contribution in [2.24, 2.45) is 0 Å². The monoisotopic (exact) mass is 431 g/mol. The lowest BCUT2D eigenvalue weighted by molar-refractivity contribution is -0.117. The van der Waals surface area contributed by atoms with Crippen molar-refractivity contribution >= 4 is 23.3 Å². The Hall–Kier alpha value is -4.00. The van der Waals surface area contributed by atoms with Gasteiger partial charge >= 0.3 is 6.03 Å². The summed E-state index contributed by atoms with van der Waals surface area (Å²) in [4.78, 5) is 26.9. The van der Waals surface area contributed by atoms with Gasteiger partial charge in [-0.25, -0.2) is 4.79 Å². The first-order valence-electron chi connectivity index (χ1n) is 10.3. The van der Waals surface area contributed by atoms with E-state index in [9.17, 15) is 9.59 Å². The van der Waals surface area contributed by atoms with E-state index in [4.69, 9.17) is 9.47 Å². The van der Waals surface area contributed by atoms with E-state index >= 15 is 0 Å². The molecular formula is C25H25N3O4. The molecule has 0 aliphatic carbocycles.